The molecule has 0 aromatic heterocycles. The van der Waals surface area contributed by atoms with Gasteiger partial charge in [-0.25, -0.2) is 0 Å². The molecule has 0 bridgehead atoms. The van der Waals surface area contributed by atoms with Crippen LogP contribution < -0.4 is 4.74 Å². The predicted molar refractivity (Wildman–Crippen MR) is 69.0 cm³/mol. The highest BCUT2D eigenvalue weighted by atomic mass is 16.5. The maximum atomic E-state index is 12.0. The van der Waals surface area contributed by atoms with Gasteiger partial charge >= 0.3 is 0 Å². The molecule has 1 saturated heterocycles. The van der Waals surface area contributed by atoms with Gasteiger partial charge in [0.05, 0.1) is 19.8 Å². The summed E-state index contributed by atoms with van der Waals surface area (Å²) in [6, 6.07) is 7.18. The van der Waals surface area contributed by atoms with Crippen LogP contribution in [0.25, 0.3) is 0 Å². The molecule has 0 saturated carbocycles. The molecule has 4 nitrogen and oxygen atoms in total. The monoisotopic (exact) mass is 249 g/mol. The highest BCUT2D eigenvalue weighted by Crippen LogP contribution is 2.14. The summed E-state index contributed by atoms with van der Waals surface area (Å²) in [6.07, 6.45) is 1.32. The van der Waals surface area contributed by atoms with Gasteiger partial charge in [-0.2, -0.15) is 0 Å². The van der Waals surface area contributed by atoms with Gasteiger partial charge in [-0.05, 0) is 37.1 Å². The molecule has 2 rings (SSSR count). The molecule has 0 radical (unpaired) electrons. The summed E-state index contributed by atoms with van der Waals surface area (Å²) in [6.45, 7) is 2.02. The Kier molecular flexibility index (Phi) is 4.33. The number of Topliss-reactive ketones (excluding diaryl/α,β-unsaturated/α-hetero) is 1. The van der Waals surface area contributed by atoms with Crippen molar-refractivity contribution in [1.29, 1.82) is 0 Å². The van der Waals surface area contributed by atoms with Gasteiger partial charge < -0.3 is 9.84 Å². The predicted octanol–water partition coefficient (Wildman–Crippen LogP) is 1.33. The smallest absolute Gasteiger partial charge is 0.176 e. The number of aliphatic hydroxyl groups excluding tert-OH is 1. The number of likely N-dealkylation sites (tertiary alicyclic amines) is 1. The van der Waals surface area contributed by atoms with E-state index in [-0.39, 0.29) is 11.9 Å². The Balaban J connectivity index is 1.90. The Morgan fingerprint density at radius 3 is 2.50 bits per heavy atom. The molecule has 0 atom stereocenters. The lowest BCUT2D eigenvalue weighted by atomic mass is 10.1. The Morgan fingerprint density at radius 2 is 1.94 bits per heavy atom. The zero-order chi connectivity index (χ0) is 13.0. The van der Waals surface area contributed by atoms with Crippen LogP contribution >= 0.6 is 0 Å². The van der Waals surface area contributed by atoms with Crippen LogP contribution in [-0.2, 0) is 0 Å². The normalized spacial score (nSPS) is 17.7. The number of piperidine rings is 1. The maximum Gasteiger partial charge on any atom is 0.176 e. The van der Waals surface area contributed by atoms with Crippen molar-refractivity contribution in [3.63, 3.8) is 0 Å². The largest absolute Gasteiger partial charge is 0.497 e. The van der Waals surface area contributed by atoms with E-state index in [1.807, 2.05) is 0 Å². The summed E-state index contributed by atoms with van der Waals surface area (Å²) in [4.78, 5) is 14.1. The number of carbonyl (C=O) groups is 1. The highest BCUT2D eigenvalue weighted by Gasteiger charge is 2.19. The minimum Gasteiger partial charge on any atom is -0.497 e. The lowest BCUT2D eigenvalue weighted by Gasteiger charge is -2.28. The van der Waals surface area contributed by atoms with E-state index in [1.54, 1.807) is 31.4 Å². The van der Waals surface area contributed by atoms with Crippen LogP contribution in [0, 0.1) is 0 Å². The summed E-state index contributed by atoms with van der Waals surface area (Å²) < 4.78 is 5.06. The van der Waals surface area contributed by atoms with Crippen LogP contribution in [0.2, 0.25) is 0 Å². The standard InChI is InChI=1S/C14H19NO3/c1-18-13-4-2-11(3-5-13)14(17)10-15-8-6-12(16)7-9-15/h2-5,12,16H,6-10H2,1H3. The van der Waals surface area contributed by atoms with Crippen molar-refractivity contribution in [2.24, 2.45) is 0 Å². The summed E-state index contributed by atoms with van der Waals surface area (Å²) in [7, 11) is 1.61. The molecule has 98 valence electrons. The van der Waals surface area contributed by atoms with E-state index < -0.39 is 0 Å². The van der Waals surface area contributed by atoms with Crippen molar-refractivity contribution in [3.8, 4) is 5.75 Å². The van der Waals surface area contributed by atoms with Gasteiger partial charge in [-0.15, -0.1) is 0 Å². The van der Waals surface area contributed by atoms with Gasteiger partial charge in [-0.3, -0.25) is 9.69 Å². The molecule has 0 spiro atoms. The first-order valence-corrected chi connectivity index (χ1v) is 6.26. The zero-order valence-electron chi connectivity index (χ0n) is 10.6. The number of rotatable bonds is 4. The van der Waals surface area contributed by atoms with E-state index in [4.69, 9.17) is 4.74 Å². The number of ether oxygens (including phenoxy) is 1. The van der Waals surface area contributed by atoms with Crippen LogP contribution in [0.5, 0.6) is 5.75 Å². The Labute approximate surface area is 107 Å². The first kappa shape index (κ1) is 13.1. The lowest BCUT2D eigenvalue weighted by Crippen LogP contribution is -2.39. The van der Waals surface area contributed by atoms with E-state index in [0.717, 1.165) is 31.7 Å². The molecule has 1 fully saturated rings. The van der Waals surface area contributed by atoms with E-state index in [9.17, 15) is 9.90 Å². The average Bonchev–Trinajstić information content (AvgIpc) is 2.41. The Hall–Kier alpha value is -1.39. The maximum absolute atomic E-state index is 12.0. The molecule has 1 N–H and O–H groups in total. The molecule has 18 heavy (non-hydrogen) atoms. The fourth-order valence-corrected chi connectivity index (χ4v) is 2.15. The van der Waals surface area contributed by atoms with Gasteiger partial charge in [-0.1, -0.05) is 0 Å². The van der Waals surface area contributed by atoms with Gasteiger partial charge in [0.15, 0.2) is 5.78 Å². The average molecular weight is 249 g/mol. The molecular weight excluding hydrogens is 230 g/mol. The fraction of sp³-hybridized carbons (Fsp3) is 0.500. The highest BCUT2D eigenvalue weighted by molar-refractivity contribution is 5.97. The number of aliphatic hydroxyl groups is 1. The third kappa shape index (κ3) is 3.31. The molecule has 1 aromatic carbocycles. The quantitative estimate of drug-likeness (QED) is 0.818. The number of benzene rings is 1. The minimum absolute atomic E-state index is 0.119. The molecule has 0 aliphatic carbocycles. The minimum atomic E-state index is -0.197. The van der Waals surface area contributed by atoms with Crippen LogP contribution in [0.15, 0.2) is 24.3 Å². The lowest BCUT2D eigenvalue weighted by molar-refractivity contribution is 0.0711. The van der Waals surface area contributed by atoms with Crippen LogP contribution in [0.4, 0.5) is 0 Å². The van der Waals surface area contributed by atoms with E-state index in [2.05, 4.69) is 4.90 Å². The zero-order valence-corrected chi connectivity index (χ0v) is 10.6. The summed E-state index contributed by atoms with van der Waals surface area (Å²) in [5.41, 5.74) is 0.710. The van der Waals surface area contributed by atoms with Gasteiger partial charge in [0.1, 0.15) is 5.75 Å². The molecule has 1 heterocycles. The molecule has 0 unspecified atom stereocenters. The molecule has 1 aliphatic heterocycles. The number of nitrogens with zero attached hydrogens (tertiary/aromatic N) is 1. The van der Waals surface area contributed by atoms with Gasteiger partial charge in [0, 0.05) is 18.7 Å². The SMILES string of the molecule is COc1ccc(C(=O)CN2CCC(O)CC2)cc1. The first-order chi connectivity index (χ1) is 8.69. The molecular formula is C14H19NO3. The van der Waals surface area contributed by atoms with Gasteiger partial charge in [0.25, 0.3) is 0 Å². The summed E-state index contributed by atoms with van der Waals surface area (Å²) in [5.74, 6) is 0.877. The number of hydrogen-bond donors (Lipinski definition) is 1. The third-order valence-electron chi connectivity index (χ3n) is 3.34. The second-order valence-electron chi connectivity index (χ2n) is 4.66. The summed E-state index contributed by atoms with van der Waals surface area (Å²) in [5, 5.41) is 9.41. The molecule has 1 aliphatic rings. The van der Waals surface area contributed by atoms with Crippen molar-refractivity contribution < 1.29 is 14.6 Å². The van der Waals surface area contributed by atoms with Crippen LogP contribution in [0.3, 0.4) is 0 Å². The topological polar surface area (TPSA) is 49.8 Å². The first-order valence-electron chi connectivity index (χ1n) is 6.26. The van der Waals surface area contributed by atoms with E-state index >= 15 is 0 Å². The second-order valence-corrected chi connectivity index (χ2v) is 4.66. The van der Waals surface area contributed by atoms with Gasteiger partial charge in [0.2, 0.25) is 0 Å². The van der Waals surface area contributed by atoms with Crippen molar-refractivity contribution in [2.45, 2.75) is 18.9 Å². The number of hydrogen-bond acceptors (Lipinski definition) is 4. The van der Waals surface area contributed by atoms with E-state index in [0.29, 0.717) is 12.1 Å². The Bertz CT molecular complexity index is 394. The fourth-order valence-electron chi connectivity index (χ4n) is 2.15. The van der Waals surface area contributed by atoms with E-state index in [1.165, 1.54) is 0 Å². The van der Waals surface area contributed by atoms with Crippen LogP contribution in [0.1, 0.15) is 23.2 Å². The second kappa shape index (κ2) is 5.98. The molecule has 4 heteroatoms. The van der Waals surface area contributed by atoms with Crippen molar-refractivity contribution in [3.05, 3.63) is 29.8 Å². The van der Waals surface area contributed by atoms with Crippen molar-refractivity contribution >= 4 is 5.78 Å². The number of carbonyl (C=O) groups excluding carboxylic acids is 1. The Morgan fingerprint density at radius 1 is 1.33 bits per heavy atom. The van der Waals surface area contributed by atoms with Crippen LogP contribution in [-0.4, -0.2) is 48.6 Å². The number of methoxy groups -OCH3 is 1. The molecule has 1 aromatic rings. The van der Waals surface area contributed by atoms with Crippen molar-refractivity contribution in [2.75, 3.05) is 26.7 Å². The summed E-state index contributed by atoms with van der Waals surface area (Å²) >= 11 is 0. The number of ketones is 1. The third-order valence-corrected chi connectivity index (χ3v) is 3.34. The van der Waals surface area contributed by atoms with Crippen molar-refractivity contribution in [1.82, 2.24) is 4.90 Å². The molecule has 0 amide bonds.